The van der Waals surface area contributed by atoms with Crippen molar-refractivity contribution in [2.75, 3.05) is 6.54 Å². The monoisotopic (exact) mass is 256 g/mol. The molecular weight excluding hydrogens is 232 g/mol. The van der Waals surface area contributed by atoms with E-state index in [1.807, 2.05) is 0 Å². The molecule has 0 aliphatic carbocycles. The average Bonchev–Trinajstić information content (AvgIpc) is 2.43. The van der Waals surface area contributed by atoms with E-state index in [1.165, 1.54) is 23.1 Å². The van der Waals surface area contributed by atoms with Gasteiger partial charge in [-0.15, -0.1) is 0 Å². The number of fused-ring (bicyclic) bond motifs is 1. The van der Waals surface area contributed by atoms with E-state index in [2.05, 4.69) is 56.4 Å². The molecule has 1 N–H and O–H groups in total. The minimum atomic E-state index is 0.535. The number of nitrogens with zero attached hydrogens (tertiary/aromatic N) is 1. The Morgan fingerprint density at radius 1 is 1.21 bits per heavy atom. The van der Waals surface area contributed by atoms with Gasteiger partial charge in [0.1, 0.15) is 0 Å². The smallest absolute Gasteiger partial charge is 0.0705 e. The van der Waals surface area contributed by atoms with Crippen LogP contribution in [-0.2, 0) is 6.42 Å². The first-order valence-corrected chi connectivity index (χ1v) is 7.33. The highest BCUT2D eigenvalue weighted by Crippen LogP contribution is 2.17. The summed E-state index contributed by atoms with van der Waals surface area (Å²) in [5.74, 6) is 0. The lowest BCUT2D eigenvalue weighted by atomic mass is 10.0. The Balaban J connectivity index is 2.21. The first-order chi connectivity index (χ1) is 9.24. The molecular formula is C17H24N2. The molecule has 0 amide bonds. The number of para-hydroxylation sites is 1. The van der Waals surface area contributed by atoms with Gasteiger partial charge in [-0.3, -0.25) is 4.98 Å². The van der Waals surface area contributed by atoms with Gasteiger partial charge in [0.15, 0.2) is 0 Å². The molecule has 19 heavy (non-hydrogen) atoms. The van der Waals surface area contributed by atoms with Crippen molar-refractivity contribution in [1.29, 1.82) is 0 Å². The number of rotatable bonds is 6. The largest absolute Gasteiger partial charge is 0.314 e. The predicted molar refractivity (Wildman–Crippen MR) is 82.6 cm³/mol. The second-order valence-electron chi connectivity index (χ2n) is 5.21. The van der Waals surface area contributed by atoms with Gasteiger partial charge in [-0.05, 0) is 44.0 Å². The van der Waals surface area contributed by atoms with Gasteiger partial charge in [0.25, 0.3) is 0 Å². The van der Waals surface area contributed by atoms with E-state index in [0.29, 0.717) is 6.04 Å². The molecule has 0 aliphatic heterocycles. The highest BCUT2D eigenvalue weighted by Gasteiger charge is 2.10. The second kappa shape index (κ2) is 6.67. The fourth-order valence-electron chi connectivity index (χ4n) is 2.41. The Hall–Kier alpha value is -1.41. The Morgan fingerprint density at radius 2 is 2.00 bits per heavy atom. The molecule has 102 valence electrons. The summed E-state index contributed by atoms with van der Waals surface area (Å²) in [4.78, 5) is 4.83. The molecule has 2 nitrogen and oxygen atoms in total. The maximum atomic E-state index is 4.83. The summed E-state index contributed by atoms with van der Waals surface area (Å²) in [6.45, 7) is 7.70. The lowest BCUT2D eigenvalue weighted by molar-refractivity contribution is 0.490. The third-order valence-electron chi connectivity index (χ3n) is 3.63. The summed E-state index contributed by atoms with van der Waals surface area (Å²) in [5, 5.41) is 4.84. The van der Waals surface area contributed by atoms with Crippen LogP contribution in [0.4, 0.5) is 0 Å². The Morgan fingerprint density at radius 3 is 2.74 bits per heavy atom. The quantitative estimate of drug-likeness (QED) is 0.849. The van der Waals surface area contributed by atoms with Crippen molar-refractivity contribution in [2.24, 2.45) is 0 Å². The number of hydrogen-bond acceptors (Lipinski definition) is 2. The molecule has 0 fully saturated rings. The van der Waals surface area contributed by atoms with E-state index in [1.54, 1.807) is 0 Å². The summed E-state index contributed by atoms with van der Waals surface area (Å²) in [6, 6.07) is 11.1. The minimum Gasteiger partial charge on any atom is -0.314 e. The summed E-state index contributed by atoms with van der Waals surface area (Å²) in [7, 11) is 0. The predicted octanol–water partition coefficient (Wildman–Crippen LogP) is 3.86. The molecule has 2 aromatic rings. The minimum absolute atomic E-state index is 0.535. The molecule has 1 aromatic heterocycles. The normalized spacial score (nSPS) is 12.8. The van der Waals surface area contributed by atoms with Crippen LogP contribution in [0.3, 0.4) is 0 Å². The van der Waals surface area contributed by atoms with Crippen LogP contribution in [0.2, 0.25) is 0 Å². The maximum absolute atomic E-state index is 4.83. The summed E-state index contributed by atoms with van der Waals surface area (Å²) in [6.07, 6.45) is 3.35. The van der Waals surface area contributed by atoms with Gasteiger partial charge >= 0.3 is 0 Å². The first-order valence-electron chi connectivity index (χ1n) is 7.33. The topological polar surface area (TPSA) is 24.9 Å². The zero-order valence-corrected chi connectivity index (χ0v) is 12.2. The molecule has 0 spiro atoms. The summed E-state index contributed by atoms with van der Waals surface area (Å²) in [5.41, 5.74) is 3.64. The van der Waals surface area contributed by atoms with Crippen LogP contribution in [0.25, 0.3) is 10.9 Å². The zero-order chi connectivity index (χ0) is 13.7. The van der Waals surface area contributed by atoms with Crippen LogP contribution < -0.4 is 5.32 Å². The van der Waals surface area contributed by atoms with E-state index in [4.69, 9.17) is 4.98 Å². The molecule has 0 saturated heterocycles. The van der Waals surface area contributed by atoms with E-state index in [-0.39, 0.29) is 0 Å². The lowest BCUT2D eigenvalue weighted by Crippen LogP contribution is -2.31. The van der Waals surface area contributed by atoms with Gasteiger partial charge < -0.3 is 5.32 Å². The van der Waals surface area contributed by atoms with Crippen molar-refractivity contribution >= 4 is 10.9 Å². The maximum Gasteiger partial charge on any atom is 0.0705 e. The van der Waals surface area contributed by atoms with Crippen molar-refractivity contribution in [3.8, 4) is 0 Å². The van der Waals surface area contributed by atoms with Gasteiger partial charge in [0.05, 0.1) is 5.52 Å². The van der Waals surface area contributed by atoms with Crippen molar-refractivity contribution in [3.63, 3.8) is 0 Å². The number of pyridine rings is 1. The number of aromatic nitrogens is 1. The molecule has 1 atom stereocenters. The Kier molecular flexibility index (Phi) is 4.92. The third kappa shape index (κ3) is 3.54. The Bertz CT molecular complexity index is 534. The highest BCUT2D eigenvalue weighted by atomic mass is 14.9. The molecule has 2 heteroatoms. The standard InChI is InChI=1S/C17H24N2/c1-4-10-18-15(5-2)12-17-13(3)11-14-8-6-7-9-16(14)19-17/h6-9,11,15,18H,4-5,10,12H2,1-3H3. The fraction of sp³-hybridized carbons (Fsp3) is 0.471. The van der Waals surface area contributed by atoms with Gasteiger partial charge in [-0.25, -0.2) is 0 Å². The van der Waals surface area contributed by atoms with E-state index >= 15 is 0 Å². The first kappa shape index (κ1) is 14.0. The number of hydrogen-bond donors (Lipinski definition) is 1. The van der Waals surface area contributed by atoms with Crippen molar-refractivity contribution < 1.29 is 0 Å². The Labute approximate surface area is 116 Å². The third-order valence-corrected chi connectivity index (χ3v) is 3.63. The number of nitrogens with one attached hydrogen (secondary N) is 1. The summed E-state index contributed by atoms with van der Waals surface area (Å²) < 4.78 is 0. The molecule has 0 bridgehead atoms. The van der Waals surface area contributed by atoms with E-state index in [0.717, 1.165) is 24.9 Å². The SMILES string of the molecule is CCCNC(CC)Cc1nc2ccccc2cc1C. The van der Waals surface area contributed by atoms with Crippen LogP contribution in [0.5, 0.6) is 0 Å². The van der Waals surface area contributed by atoms with Crippen LogP contribution in [0.1, 0.15) is 37.9 Å². The van der Waals surface area contributed by atoms with Gasteiger partial charge in [0.2, 0.25) is 0 Å². The van der Waals surface area contributed by atoms with E-state index < -0.39 is 0 Å². The van der Waals surface area contributed by atoms with Gasteiger partial charge in [0, 0.05) is 23.5 Å². The average molecular weight is 256 g/mol. The molecule has 0 radical (unpaired) electrons. The van der Waals surface area contributed by atoms with Crippen LogP contribution in [0, 0.1) is 6.92 Å². The summed E-state index contributed by atoms with van der Waals surface area (Å²) >= 11 is 0. The fourth-order valence-corrected chi connectivity index (χ4v) is 2.41. The molecule has 1 unspecified atom stereocenters. The van der Waals surface area contributed by atoms with E-state index in [9.17, 15) is 0 Å². The van der Waals surface area contributed by atoms with Gasteiger partial charge in [-0.1, -0.05) is 32.0 Å². The zero-order valence-electron chi connectivity index (χ0n) is 12.2. The number of benzene rings is 1. The van der Waals surface area contributed by atoms with Crippen molar-refractivity contribution in [1.82, 2.24) is 10.3 Å². The second-order valence-corrected chi connectivity index (χ2v) is 5.21. The molecule has 1 heterocycles. The highest BCUT2D eigenvalue weighted by molar-refractivity contribution is 5.79. The molecule has 0 aliphatic rings. The van der Waals surface area contributed by atoms with Crippen LogP contribution >= 0.6 is 0 Å². The van der Waals surface area contributed by atoms with Crippen molar-refractivity contribution in [3.05, 3.63) is 41.6 Å². The van der Waals surface area contributed by atoms with Crippen molar-refractivity contribution in [2.45, 2.75) is 46.1 Å². The van der Waals surface area contributed by atoms with Crippen LogP contribution in [-0.4, -0.2) is 17.6 Å². The molecule has 1 aromatic carbocycles. The van der Waals surface area contributed by atoms with Crippen LogP contribution in [0.15, 0.2) is 30.3 Å². The molecule has 2 rings (SSSR count). The number of aryl methyl sites for hydroxylation is 1. The molecule has 0 saturated carbocycles. The van der Waals surface area contributed by atoms with Gasteiger partial charge in [-0.2, -0.15) is 0 Å². The lowest BCUT2D eigenvalue weighted by Gasteiger charge is -2.17.